The van der Waals surface area contributed by atoms with E-state index in [1.807, 2.05) is 6.92 Å². The van der Waals surface area contributed by atoms with Crippen molar-refractivity contribution in [2.24, 2.45) is 0 Å². The molecule has 0 bridgehead atoms. The fourth-order valence-electron chi connectivity index (χ4n) is 3.95. The van der Waals surface area contributed by atoms with Crippen LogP contribution in [0.4, 0.5) is 15.9 Å². The number of aliphatic hydroxyl groups is 1. The third-order valence-corrected chi connectivity index (χ3v) is 6.89. The molecular formula is C23H30B4FN5O3. The van der Waals surface area contributed by atoms with E-state index < -0.39 is 10.7 Å². The van der Waals surface area contributed by atoms with E-state index in [1.165, 1.54) is 12.1 Å². The first-order chi connectivity index (χ1) is 16.9. The molecule has 1 aromatic heterocycles. The third-order valence-electron chi connectivity index (χ3n) is 6.89. The maximum Gasteiger partial charge on any atom is 0.250 e. The second kappa shape index (κ2) is 10.1. The average molecular weight is 487 g/mol. The van der Waals surface area contributed by atoms with Crippen LogP contribution >= 0.6 is 0 Å². The SMILES string of the molecule is BC(B)(O)C(B)(B)NC(=O)c1cc(C(C)Nc2cccc(F)c2)c2nc(N3CCOCC3)cnc2c1. The molecule has 1 saturated heterocycles. The Morgan fingerprint density at radius 2 is 1.92 bits per heavy atom. The van der Waals surface area contributed by atoms with E-state index >= 15 is 0 Å². The summed E-state index contributed by atoms with van der Waals surface area (Å²) in [6.07, 6.45) is 1.71. The van der Waals surface area contributed by atoms with Crippen LogP contribution in [0.3, 0.4) is 0 Å². The van der Waals surface area contributed by atoms with E-state index in [4.69, 9.17) is 9.72 Å². The van der Waals surface area contributed by atoms with Gasteiger partial charge in [0.2, 0.25) is 0 Å². The predicted octanol–water partition coefficient (Wildman–Crippen LogP) is -1.66. The first kappa shape index (κ1) is 26.0. The number of amides is 1. The Morgan fingerprint density at radius 3 is 2.58 bits per heavy atom. The summed E-state index contributed by atoms with van der Waals surface area (Å²) in [4.78, 5) is 25.0. The Morgan fingerprint density at radius 1 is 1.19 bits per heavy atom. The van der Waals surface area contributed by atoms with Gasteiger partial charge in [-0.3, -0.25) is 9.78 Å². The van der Waals surface area contributed by atoms with E-state index in [0.29, 0.717) is 35.5 Å². The molecule has 0 saturated carbocycles. The van der Waals surface area contributed by atoms with Crippen LogP contribution in [0.15, 0.2) is 42.6 Å². The molecular weight excluding hydrogens is 457 g/mol. The quantitative estimate of drug-likeness (QED) is 0.344. The van der Waals surface area contributed by atoms with Crippen molar-refractivity contribution in [1.29, 1.82) is 0 Å². The van der Waals surface area contributed by atoms with Gasteiger partial charge in [0.05, 0.1) is 36.5 Å². The highest BCUT2D eigenvalue weighted by Gasteiger charge is 2.36. The van der Waals surface area contributed by atoms with Crippen molar-refractivity contribution in [2.75, 3.05) is 36.5 Å². The van der Waals surface area contributed by atoms with Gasteiger partial charge in [-0.1, -0.05) is 6.07 Å². The molecule has 0 radical (unpaired) electrons. The van der Waals surface area contributed by atoms with Gasteiger partial charge in [0.25, 0.3) is 5.91 Å². The van der Waals surface area contributed by atoms with Gasteiger partial charge in [0, 0.05) is 35.3 Å². The molecule has 1 unspecified atom stereocenters. The lowest BCUT2D eigenvalue weighted by Gasteiger charge is -2.39. The summed E-state index contributed by atoms with van der Waals surface area (Å²) < 4.78 is 19.3. The molecule has 1 aliphatic rings. The van der Waals surface area contributed by atoms with Crippen LogP contribution < -0.4 is 15.5 Å². The number of halogens is 1. The summed E-state index contributed by atoms with van der Waals surface area (Å²) in [6.45, 7) is 4.63. The third kappa shape index (κ3) is 5.68. The molecule has 8 nitrogen and oxygen atoms in total. The molecule has 184 valence electrons. The lowest BCUT2D eigenvalue weighted by atomic mass is 9.40. The van der Waals surface area contributed by atoms with Gasteiger partial charge < -0.3 is 25.4 Å². The first-order valence-corrected chi connectivity index (χ1v) is 12.1. The van der Waals surface area contributed by atoms with E-state index in [1.54, 1.807) is 61.8 Å². The molecule has 1 aliphatic heterocycles. The van der Waals surface area contributed by atoms with Crippen LogP contribution in [0, 0.1) is 5.82 Å². The van der Waals surface area contributed by atoms with E-state index in [9.17, 15) is 14.3 Å². The lowest BCUT2D eigenvalue weighted by Crippen LogP contribution is -2.66. The molecule has 4 rings (SSSR count). The molecule has 2 aromatic carbocycles. The van der Waals surface area contributed by atoms with Gasteiger partial charge in [-0.25, -0.2) is 9.37 Å². The number of anilines is 2. The zero-order chi connectivity index (χ0) is 26.1. The number of nitrogens with zero attached hydrogens (tertiary/aromatic N) is 3. The molecule has 0 aliphatic carbocycles. The number of morpholine rings is 1. The number of nitrogens with one attached hydrogen (secondary N) is 2. The fraction of sp³-hybridized carbons (Fsp3) is 0.348. The van der Waals surface area contributed by atoms with Gasteiger partial charge in [-0.2, -0.15) is 0 Å². The summed E-state index contributed by atoms with van der Waals surface area (Å²) in [5, 5.41) is 14.7. The van der Waals surface area contributed by atoms with Crippen LogP contribution in [0.25, 0.3) is 11.0 Å². The molecule has 1 amide bonds. The number of carbonyl (C=O) groups is 1. The van der Waals surface area contributed by atoms with E-state index in [-0.39, 0.29) is 17.8 Å². The number of aromatic nitrogens is 2. The van der Waals surface area contributed by atoms with Crippen LogP contribution in [-0.2, 0) is 4.74 Å². The Labute approximate surface area is 214 Å². The van der Waals surface area contributed by atoms with Crippen LogP contribution in [0.5, 0.6) is 0 Å². The second-order valence-corrected chi connectivity index (χ2v) is 10.3. The molecule has 3 aromatic rings. The number of hydrogen-bond donors (Lipinski definition) is 3. The standard InChI is InChI=1S/C23H30B4FN5O3/c1-13(30-16-4-2-3-15(28)11-16)17-9-14(21(34)32-22(24,25)23(26,27)35)10-18-20(17)31-19(12-29-18)33-5-7-36-8-6-33/h2-4,9-13,30,35H,5-8,24-27H2,1H3,(H,32,34). The highest BCUT2D eigenvalue weighted by Crippen LogP contribution is 2.29. The van der Waals surface area contributed by atoms with Crippen molar-refractivity contribution in [3.05, 3.63) is 59.5 Å². The zero-order valence-corrected chi connectivity index (χ0v) is 21.4. The molecule has 1 fully saturated rings. The monoisotopic (exact) mass is 487 g/mol. The fourth-order valence-corrected chi connectivity index (χ4v) is 3.95. The smallest absolute Gasteiger partial charge is 0.250 e. The maximum absolute atomic E-state index is 13.8. The summed E-state index contributed by atoms with van der Waals surface area (Å²) in [6, 6.07) is 9.42. The number of fused-ring (bicyclic) bond motifs is 1. The van der Waals surface area contributed by atoms with Gasteiger partial charge >= 0.3 is 0 Å². The Balaban J connectivity index is 1.76. The largest absolute Gasteiger partial charge is 0.407 e. The maximum atomic E-state index is 13.8. The van der Waals surface area contributed by atoms with Crippen molar-refractivity contribution < 1.29 is 19.0 Å². The van der Waals surface area contributed by atoms with Gasteiger partial charge in [-0.05, 0) is 42.6 Å². The number of rotatable bonds is 7. The van der Waals surface area contributed by atoms with Crippen molar-refractivity contribution >= 4 is 59.8 Å². The zero-order valence-electron chi connectivity index (χ0n) is 21.4. The van der Waals surface area contributed by atoms with E-state index in [2.05, 4.69) is 20.5 Å². The van der Waals surface area contributed by atoms with Crippen molar-refractivity contribution in [2.45, 2.75) is 23.7 Å². The second-order valence-electron chi connectivity index (χ2n) is 10.3. The number of benzene rings is 2. The minimum Gasteiger partial charge on any atom is -0.407 e. The molecule has 2 heterocycles. The van der Waals surface area contributed by atoms with Crippen LogP contribution in [0.2, 0.25) is 0 Å². The number of hydrogen-bond acceptors (Lipinski definition) is 7. The topological polar surface area (TPSA) is 99.6 Å². The Hall–Kier alpha value is -3.04. The van der Waals surface area contributed by atoms with Crippen LogP contribution in [0.1, 0.15) is 28.9 Å². The van der Waals surface area contributed by atoms with E-state index in [0.717, 1.165) is 24.5 Å². The average Bonchev–Trinajstić information content (AvgIpc) is 2.82. The van der Waals surface area contributed by atoms with Gasteiger partial charge in [0.1, 0.15) is 43.0 Å². The Kier molecular flexibility index (Phi) is 7.33. The lowest BCUT2D eigenvalue weighted by molar-refractivity contribution is 0.0896. The summed E-state index contributed by atoms with van der Waals surface area (Å²) >= 11 is 0. The highest BCUT2D eigenvalue weighted by atomic mass is 19.1. The van der Waals surface area contributed by atoms with Crippen molar-refractivity contribution in [3.8, 4) is 0 Å². The molecule has 0 spiro atoms. The van der Waals surface area contributed by atoms with Crippen LogP contribution in [-0.4, -0.2) is 89.4 Å². The summed E-state index contributed by atoms with van der Waals surface area (Å²) in [7, 11) is 6.86. The molecule has 3 N–H and O–H groups in total. The minimum absolute atomic E-state index is 0.307. The summed E-state index contributed by atoms with van der Waals surface area (Å²) in [5.74, 6) is 0.0705. The highest BCUT2D eigenvalue weighted by molar-refractivity contribution is 6.54. The Bertz CT molecular complexity index is 1270. The minimum atomic E-state index is -1.14. The predicted molar refractivity (Wildman–Crippen MR) is 150 cm³/mol. The first-order valence-electron chi connectivity index (χ1n) is 12.1. The summed E-state index contributed by atoms with van der Waals surface area (Å²) in [5.41, 5.74) is 3.00. The van der Waals surface area contributed by atoms with Crippen molar-refractivity contribution in [3.63, 3.8) is 0 Å². The van der Waals surface area contributed by atoms with Gasteiger partial charge in [0.15, 0.2) is 0 Å². The normalized spacial score (nSPS) is 15.5. The molecule has 1 atom stereocenters. The molecule has 13 heteroatoms. The molecule has 36 heavy (non-hydrogen) atoms. The number of carbonyl (C=O) groups excluding carboxylic acids is 1. The van der Waals surface area contributed by atoms with Crippen molar-refractivity contribution in [1.82, 2.24) is 15.3 Å². The number of ether oxygens (including phenoxy) is 1. The van der Waals surface area contributed by atoms with Gasteiger partial charge in [-0.15, -0.1) is 0 Å².